The molecule has 1 rings (SSSR count). The minimum atomic E-state index is 0.178. The van der Waals surface area contributed by atoms with Crippen molar-refractivity contribution in [1.29, 1.82) is 0 Å². The highest BCUT2D eigenvalue weighted by molar-refractivity contribution is 8.01. The Hall–Kier alpha value is -0.820. The van der Waals surface area contributed by atoms with Crippen LogP contribution in [0.4, 0.5) is 5.13 Å². The van der Waals surface area contributed by atoms with E-state index in [1.807, 2.05) is 19.0 Å². The van der Waals surface area contributed by atoms with E-state index < -0.39 is 0 Å². The fourth-order valence-electron chi connectivity index (χ4n) is 1.05. The van der Waals surface area contributed by atoms with E-state index in [-0.39, 0.29) is 5.91 Å². The fraction of sp³-hybridized carbons (Fsp3) is 0.700. The van der Waals surface area contributed by atoms with Crippen molar-refractivity contribution in [3.63, 3.8) is 0 Å². The van der Waals surface area contributed by atoms with Gasteiger partial charge in [-0.05, 0) is 6.42 Å². The number of thioether (sulfide) groups is 1. The summed E-state index contributed by atoms with van der Waals surface area (Å²) in [6.07, 6.45) is 1.47. The van der Waals surface area contributed by atoms with E-state index in [2.05, 4.69) is 10.2 Å². The second-order valence-corrected chi connectivity index (χ2v) is 6.28. The third-order valence-corrected chi connectivity index (χ3v) is 4.35. The number of amides is 1. The van der Waals surface area contributed by atoms with E-state index in [4.69, 9.17) is 0 Å². The maximum absolute atomic E-state index is 11.3. The SMILES string of the molecule is CN(C)C(=O)CCCSc1nnc(N(C)C)s1. The lowest BCUT2D eigenvalue weighted by molar-refractivity contribution is -0.128. The van der Waals surface area contributed by atoms with Gasteiger partial charge in [0.15, 0.2) is 4.34 Å². The number of hydrogen-bond acceptors (Lipinski definition) is 6. The first-order valence-corrected chi connectivity index (χ1v) is 7.14. The van der Waals surface area contributed by atoms with Gasteiger partial charge in [-0.2, -0.15) is 0 Å². The molecule has 0 unspecified atom stereocenters. The highest BCUT2D eigenvalue weighted by atomic mass is 32.2. The zero-order chi connectivity index (χ0) is 12.8. The summed E-state index contributed by atoms with van der Waals surface area (Å²) in [4.78, 5) is 14.9. The second kappa shape index (κ2) is 6.80. The number of nitrogens with zero attached hydrogens (tertiary/aromatic N) is 4. The van der Waals surface area contributed by atoms with Crippen LogP contribution in [-0.2, 0) is 4.79 Å². The van der Waals surface area contributed by atoms with Gasteiger partial charge in [-0.3, -0.25) is 4.79 Å². The van der Waals surface area contributed by atoms with Crippen LogP contribution in [0.2, 0.25) is 0 Å². The van der Waals surface area contributed by atoms with Crippen molar-refractivity contribution in [3.05, 3.63) is 0 Å². The molecule has 0 spiro atoms. The highest BCUT2D eigenvalue weighted by Crippen LogP contribution is 2.27. The number of anilines is 1. The van der Waals surface area contributed by atoms with Crippen molar-refractivity contribution >= 4 is 34.1 Å². The smallest absolute Gasteiger partial charge is 0.222 e. The number of rotatable bonds is 6. The number of carbonyl (C=O) groups is 1. The molecule has 7 heteroatoms. The summed E-state index contributed by atoms with van der Waals surface area (Å²) in [5.41, 5.74) is 0. The van der Waals surface area contributed by atoms with Gasteiger partial charge in [-0.15, -0.1) is 10.2 Å². The lowest BCUT2D eigenvalue weighted by Gasteiger charge is -2.08. The first-order chi connectivity index (χ1) is 8.00. The molecule has 0 N–H and O–H groups in total. The molecule has 0 fully saturated rings. The topological polar surface area (TPSA) is 49.3 Å². The van der Waals surface area contributed by atoms with Crippen LogP contribution >= 0.6 is 23.1 Å². The van der Waals surface area contributed by atoms with Gasteiger partial charge in [0, 0.05) is 40.4 Å². The summed E-state index contributed by atoms with van der Waals surface area (Å²) in [5, 5.41) is 9.05. The molecule has 1 amide bonds. The zero-order valence-corrected chi connectivity index (χ0v) is 12.3. The predicted molar refractivity (Wildman–Crippen MR) is 72.9 cm³/mol. The van der Waals surface area contributed by atoms with Gasteiger partial charge in [0.1, 0.15) is 0 Å². The number of hydrogen-bond donors (Lipinski definition) is 0. The van der Waals surface area contributed by atoms with Crippen LogP contribution < -0.4 is 4.90 Å². The molecule has 0 saturated heterocycles. The molecule has 0 radical (unpaired) electrons. The van der Waals surface area contributed by atoms with Crippen molar-refractivity contribution in [2.45, 2.75) is 17.2 Å². The second-order valence-electron chi connectivity index (χ2n) is 3.99. The van der Waals surface area contributed by atoms with E-state index >= 15 is 0 Å². The molecule has 0 bridgehead atoms. The van der Waals surface area contributed by atoms with E-state index in [1.165, 1.54) is 0 Å². The number of carbonyl (C=O) groups excluding carboxylic acids is 1. The lowest BCUT2D eigenvalue weighted by atomic mass is 10.3. The van der Waals surface area contributed by atoms with E-state index in [0.29, 0.717) is 6.42 Å². The van der Waals surface area contributed by atoms with Crippen LogP contribution in [0, 0.1) is 0 Å². The maximum Gasteiger partial charge on any atom is 0.222 e. The van der Waals surface area contributed by atoms with Gasteiger partial charge >= 0.3 is 0 Å². The summed E-state index contributed by atoms with van der Waals surface area (Å²) in [7, 11) is 7.46. The summed E-state index contributed by atoms with van der Waals surface area (Å²) in [6.45, 7) is 0. The summed E-state index contributed by atoms with van der Waals surface area (Å²) >= 11 is 3.24. The molecule has 0 aliphatic heterocycles. The van der Waals surface area contributed by atoms with Gasteiger partial charge < -0.3 is 9.80 Å². The summed E-state index contributed by atoms with van der Waals surface area (Å²) < 4.78 is 0.964. The summed E-state index contributed by atoms with van der Waals surface area (Å²) in [6, 6.07) is 0. The Balaban J connectivity index is 2.24. The lowest BCUT2D eigenvalue weighted by Crippen LogP contribution is -2.21. The number of aromatic nitrogens is 2. The molecule has 0 aliphatic carbocycles. The fourth-order valence-corrected chi connectivity index (χ4v) is 2.82. The standard InChI is InChI=1S/C10H18N4OS2/c1-13(2)8(15)6-5-7-16-10-12-11-9(17-10)14(3)4/h5-7H2,1-4H3. The molecule has 0 atom stereocenters. The molecule has 1 heterocycles. The van der Waals surface area contributed by atoms with Crippen molar-refractivity contribution < 1.29 is 4.79 Å². The van der Waals surface area contributed by atoms with Crippen LogP contribution in [0.15, 0.2) is 4.34 Å². The first kappa shape index (κ1) is 14.2. The third kappa shape index (κ3) is 4.91. The van der Waals surface area contributed by atoms with Crippen LogP contribution in [0.1, 0.15) is 12.8 Å². The van der Waals surface area contributed by atoms with Gasteiger partial charge in [-0.1, -0.05) is 23.1 Å². The van der Waals surface area contributed by atoms with Crippen LogP contribution in [0.25, 0.3) is 0 Å². The maximum atomic E-state index is 11.3. The molecule has 5 nitrogen and oxygen atoms in total. The normalized spacial score (nSPS) is 10.4. The molecule has 96 valence electrons. The van der Waals surface area contributed by atoms with Crippen molar-refractivity contribution in [1.82, 2.24) is 15.1 Å². The van der Waals surface area contributed by atoms with Crippen molar-refractivity contribution in [3.8, 4) is 0 Å². The van der Waals surface area contributed by atoms with Crippen molar-refractivity contribution in [2.24, 2.45) is 0 Å². The van der Waals surface area contributed by atoms with Gasteiger partial charge in [0.25, 0.3) is 0 Å². The third-order valence-electron chi connectivity index (χ3n) is 2.04. The van der Waals surface area contributed by atoms with E-state index in [1.54, 1.807) is 42.1 Å². The summed E-state index contributed by atoms with van der Waals surface area (Å²) in [5.74, 6) is 1.08. The Labute approximate surface area is 110 Å². The Morgan fingerprint density at radius 1 is 1.29 bits per heavy atom. The average Bonchev–Trinajstić information content (AvgIpc) is 2.72. The Kier molecular flexibility index (Phi) is 5.70. The van der Waals surface area contributed by atoms with Crippen LogP contribution in [-0.4, -0.2) is 54.9 Å². The first-order valence-electron chi connectivity index (χ1n) is 5.34. The predicted octanol–water partition coefficient (Wildman–Crippen LogP) is 1.56. The highest BCUT2D eigenvalue weighted by Gasteiger charge is 2.07. The van der Waals surface area contributed by atoms with Crippen LogP contribution in [0.5, 0.6) is 0 Å². The van der Waals surface area contributed by atoms with E-state index in [0.717, 1.165) is 21.6 Å². The molecular formula is C10H18N4OS2. The van der Waals surface area contributed by atoms with Gasteiger partial charge in [0.2, 0.25) is 11.0 Å². The Morgan fingerprint density at radius 2 is 2.00 bits per heavy atom. The minimum absolute atomic E-state index is 0.178. The van der Waals surface area contributed by atoms with Gasteiger partial charge in [0.05, 0.1) is 0 Å². The molecule has 17 heavy (non-hydrogen) atoms. The molecule has 0 aliphatic rings. The zero-order valence-electron chi connectivity index (χ0n) is 10.6. The molecule has 0 saturated carbocycles. The molecule has 0 aromatic carbocycles. The quantitative estimate of drug-likeness (QED) is 0.582. The molecular weight excluding hydrogens is 256 g/mol. The minimum Gasteiger partial charge on any atom is -0.353 e. The molecule has 1 aromatic heterocycles. The van der Waals surface area contributed by atoms with Gasteiger partial charge in [-0.25, -0.2) is 0 Å². The van der Waals surface area contributed by atoms with E-state index in [9.17, 15) is 4.79 Å². The largest absolute Gasteiger partial charge is 0.353 e. The van der Waals surface area contributed by atoms with Crippen molar-refractivity contribution in [2.75, 3.05) is 38.8 Å². The molecule has 1 aromatic rings. The van der Waals surface area contributed by atoms with Crippen LogP contribution in [0.3, 0.4) is 0 Å². The Morgan fingerprint density at radius 3 is 2.53 bits per heavy atom. The average molecular weight is 274 g/mol. The Bertz CT molecular complexity index is 365. The monoisotopic (exact) mass is 274 g/mol.